The minimum absolute atomic E-state index is 0.168. The molecule has 1 aromatic carbocycles. The summed E-state index contributed by atoms with van der Waals surface area (Å²) in [5, 5.41) is 13.0. The van der Waals surface area contributed by atoms with E-state index in [1.165, 1.54) is 0 Å². The monoisotopic (exact) mass is 207 g/mol. The van der Waals surface area contributed by atoms with E-state index in [1.54, 1.807) is 7.11 Å². The summed E-state index contributed by atoms with van der Waals surface area (Å²) in [5.74, 6) is 0.830. The molecule has 0 aromatic heterocycles. The van der Waals surface area contributed by atoms with Gasteiger partial charge in [-0.25, -0.2) is 0 Å². The predicted octanol–water partition coefficient (Wildman–Crippen LogP) is 2.02. The van der Waals surface area contributed by atoms with Crippen molar-refractivity contribution in [3.05, 3.63) is 24.3 Å². The van der Waals surface area contributed by atoms with Gasteiger partial charge in [0.15, 0.2) is 0 Å². The van der Waals surface area contributed by atoms with E-state index in [0.717, 1.165) is 30.7 Å². The first-order valence-electron chi connectivity index (χ1n) is 5.39. The van der Waals surface area contributed by atoms with E-state index in [1.807, 2.05) is 24.3 Å². The van der Waals surface area contributed by atoms with Crippen LogP contribution < -0.4 is 10.1 Å². The van der Waals surface area contributed by atoms with Gasteiger partial charge in [0, 0.05) is 0 Å². The fourth-order valence-corrected chi connectivity index (χ4v) is 2.07. The van der Waals surface area contributed by atoms with Crippen LogP contribution in [0.3, 0.4) is 0 Å². The summed E-state index contributed by atoms with van der Waals surface area (Å²) in [7, 11) is 1.66. The van der Waals surface area contributed by atoms with Crippen molar-refractivity contribution in [1.29, 1.82) is 0 Å². The molecule has 0 spiro atoms. The SMILES string of the molecule is COc1ccccc1N[C@H]1CCC[C@@H]1O. The van der Waals surface area contributed by atoms with Gasteiger partial charge in [-0.2, -0.15) is 0 Å². The molecule has 0 heterocycles. The zero-order valence-electron chi connectivity index (χ0n) is 8.94. The van der Waals surface area contributed by atoms with Gasteiger partial charge in [-0.05, 0) is 31.4 Å². The van der Waals surface area contributed by atoms with Crippen molar-refractivity contribution in [1.82, 2.24) is 0 Å². The van der Waals surface area contributed by atoms with Gasteiger partial charge in [0.2, 0.25) is 0 Å². The number of hydrogen-bond acceptors (Lipinski definition) is 3. The zero-order valence-corrected chi connectivity index (χ0v) is 8.94. The average molecular weight is 207 g/mol. The molecular formula is C12H17NO2. The molecule has 0 amide bonds. The van der Waals surface area contributed by atoms with Crippen molar-refractivity contribution in [2.24, 2.45) is 0 Å². The quantitative estimate of drug-likeness (QED) is 0.796. The van der Waals surface area contributed by atoms with Crippen LogP contribution in [-0.2, 0) is 0 Å². The van der Waals surface area contributed by atoms with Crippen molar-refractivity contribution in [2.45, 2.75) is 31.4 Å². The molecule has 0 radical (unpaired) electrons. The Bertz CT molecular complexity index is 327. The molecule has 3 heteroatoms. The van der Waals surface area contributed by atoms with E-state index in [9.17, 15) is 5.11 Å². The lowest BCUT2D eigenvalue weighted by Gasteiger charge is -2.19. The van der Waals surface area contributed by atoms with Gasteiger partial charge in [0.1, 0.15) is 5.75 Å². The lowest BCUT2D eigenvalue weighted by Crippen LogP contribution is -2.28. The van der Waals surface area contributed by atoms with Gasteiger partial charge in [-0.15, -0.1) is 0 Å². The first-order chi connectivity index (χ1) is 7.31. The Hall–Kier alpha value is -1.22. The van der Waals surface area contributed by atoms with Gasteiger partial charge in [-0.1, -0.05) is 12.1 Å². The van der Waals surface area contributed by atoms with Crippen LogP contribution in [-0.4, -0.2) is 24.4 Å². The fourth-order valence-electron chi connectivity index (χ4n) is 2.07. The van der Waals surface area contributed by atoms with E-state index < -0.39 is 0 Å². The highest BCUT2D eigenvalue weighted by Crippen LogP contribution is 2.28. The molecule has 2 rings (SSSR count). The Morgan fingerprint density at radius 3 is 2.80 bits per heavy atom. The number of benzene rings is 1. The maximum absolute atomic E-state index is 9.71. The molecule has 3 nitrogen and oxygen atoms in total. The minimum atomic E-state index is -0.227. The highest BCUT2D eigenvalue weighted by molar-refractivity contribution is 5.56. The lowest BCUT2D eigenvalue weighted by atomic mass is 10.2. The van der Waals surface area contributed by atoms with Crippen LogP contribution in [0.25, 0.3) is 0 Å². The summed E-state index contributed by atoms with van der Waals surface area (Å²) in [6, 6.07) is 7.97. The van der Waals surface area contributed by atoms with Crippen molar-refractivity contribution in [3.8, 4) is 5.75 Å². The predicted molar refractivity (Wildman–Crippen MR) is 60.3 cm³/mol. The van der Waals surface area contributed by atoms with E-state index in [-0.39, 0.29) is 12.1 Å². The zero-order chi connectivity index (χ0) is 10.7. The Balaban J connectivity index is 2.09. The van der Waals surface area contributed by atoms with Crippen LogP contribution in [0.4, 0.5) is 5.69 Å². The van der Waals surface area contributed by atoms with Crippen LogP contribution in [0.1, 0.15) is 19.3 Å². The van der Waals surface area contributed by atoms with Crippen molar-refractivity contribution >= 4 is 5.69 Å². The molecular weight excluding hydrogens is 190 g/mol. The largest absolute Gasteiger partial charge is 0.495 e. The Labute approximate surface area is 90.1 Å². The topological polar surface area (TPSA) is 41.5 Å². The number of para-hydroxylation sites is 2. The third-order valence-corrected chi connectivity index (χ3v) is 2.93. The van der Waals surface area contributed by atoms with E-state index >= 15 is 0 Å². The maximum atomic E-state index is 9.71. The number of aliphatic hydroxyl groups is 1. The number of ether oxygens (including phenoxy) is 1. The van der Waals surface area contributed by atoms with Crippen molar-refractivity contribution < 1.29 is 9.84 Å². The molecule has 2 N–H and O–H groups in total. The molecule has 1 aromatic rings. The van der Waals surface area contributed by atoms with Gasteiger partial charge in [0.05, 0.1) is 24.9 Å². The number of hydrogen-bond donors (Lipinski definition) is 2. The second-order valence-corrected chi connectivity index (χ2v) is 3.95. The summed E-state index contributed by atoms with van der Waals surface area (Å²) in [5.41, 5.74) is 0.964. The Morgan fingerprint density at radius 1 is 1.33 bits per heavy atom. The van der Waals surface area contributed by atoms with Crippen LogP contribution in [0, 0.1) is 0 Å². The van der Waals surface area contributed by atoms with Crippen LogP contribution in [0.15, 0.2) is 24.3 Å². The lowest BCUT2D eigenvalue weighted by molar-refractivity contribution is 0.171. The molecule has 82 valence electrons. The summed E-state index contributed by atoms with van der Waals surface area (Å²) < 4.78 is 5.25. The van der Waals surface area contributed by atoms with Crippen LogP contribution >= 0.6 is 0 Å². The molecule has 0 unspecified atom stereocenters. The number of methoxy groups -OCH3 is 1. The van der Waals surface area contributed by atoms with Crippen molar-refractivity contribution in [2.75, 3.05) is 12.4 Å². The summed E-state index contributed by atoms with van der Waals surface area (Å²) in [6.07, 6.45) is 2.79. The minimum Gasteiger partial charge on any atom is -0.495 e. The molecule has 0 aliphatic heterocycles. The molecule has 1 aliphatic rings. The molecule has 1 aliphatic carbocycles. The third-order valence-electron chi connectivity index (χ3n) is 2.93. The van der Waals surface area contributed by atoms with Crippen LogP contribution in [0.2, 0.25) is 0 Å². The standard InChI is InChI=1S/C12H17NO2/c1-15-12-8-3-2-5-10(12)13-9-6-4-7-11(9)14/h2-3,5,8-9,11,13-14H,4,6-7H2,1H3/t9-,11-/m0/s1. The van der Waals surface area contributed by atoms with Crippen LogP contribution in [0.5, 0.6) is 5.75 Å². The average Bonchev–Trinajstić information content (AvgIpc) is 2.65. The van der Waals surface area contributed by atoms with Crippen molar-refractivity contribution in [3.63, 3.8) is 0 Å². The number of nitrogens with one attached hydrogen (secondary N) is 1. The normalized spacial score (nSPS) is 25.2. The van der Waals surface area contributed by atoms with Gasteiger partial charge < -0.3 is 15.2 Å². The molecule has 0 bridgehead atoms. The summed E-state index contributed by atoms with van der Waals surface area (Å²) >= 11 is 0. The molecule has 1 saturated carbocycles. The third kappa shape index (κ3) is 2.23. The van der Waals surface area contributed by atoms with E-state index in [2.05, 4.69) is 5.32 Å². The number of rotatable bonds is 3. The highest BCUT2D eigenvalue weighted by atomic mass is 16.5. The molecule has 15 heavy (non-hydrogen) atoms. The van der Waals surface area contributed by atoms with Gasteiger partial charge in [0.25, 0.3) is 0 Å². The Morgan fingerprint density at radius 2 is 2.13 bits per heavy atom. The van der Waals surface area contributed by atoms with Gasteiger partial charge in [-0.3, -0.25) is 0 Å². The molecule has 1 fully saturated rings. The second-order valence-electron chi connectivity index (χ2n) is 3.95. The maximum Gasteiger partial charge on any atom is 0.141 e. The highest BCUT2D eigenvalue weighted by Gasteiger charge is 2.25. The molecule has 2 atom stereocenters. The van der Waals surface area contributed by atoms with E-state index in [4.69, 9.17) is 4.74 Å². The number of anilines is 1. The Kier molecular flexibility index (Phi) is 3.11. The second kappa shape index (κ2) is 4.53. The van der Waals surface area contributed by atoms with Gasteiger partial charge >= 0.3 is 0 Å². The first kappa shape index (κ1) is 10.3. The molecule has 0 saturated heterocycles. The fraction of sp³-hybridized carbons (Fsp3) is 0.500. The summed E-state index contributed by atoms with van der Waals surface area (Å²) in [6.45, 7) is 0. The van der Waals surface area contributed by atoms with E-state index in [0.29, 0.717) is 0 Å². The first-order valence-corrected chi connectivity index (χ1v) is 5.39. The summed E-state index contributed by atoms with van der Waals surface area (Å²) in [4.78, 5) is 0. The smallest absolute Gasteiger partial charge is 0.141 e. The number of aliphatic hydroxyl groups excluding tert-OH is 1.